The third kappa shape index (κ3) is 3.76. The molecular weight excluding hydrogens is 288 g/mol. The second-order valence-corrected chi connectivity index (χ2v) is 6.45. The summed E-state index contributed by atoms with van der Waals surface area (Å²) < 4.78 is 0. The molecule has 1 saturated carbocycles. The number of amides is 2. The van der Waals surface area contributed by atoms with Crippen molar-refractivity contribution in [3.05, 3.63) is 28.3 Å². The average molecular weight is 309 g/mol. The molecule has 1 aliphatic carbocycles. The van der Waals surface area contributed by atoms with Crippen LogP contribution >= 0.6 is 11.6 Å². The molecule has 2 atom stereocenters. The topological polar surface area (TPSA) is 58.2 Å². The van der Waals surface area contributed by atoms with Gasteiger partial charge in [-0.1, -0.05) is 17.7 Å². The molecule has 0 bridgehead atoms. The second kappa shape index (κ2) is 6.06. The van der Waals surface area contributed by atoms with Crippen LogP contribution in [0.2, 0.25) is 5.02 Å². The van der Waals surface area contributed by atoms with Crippen molar-refractivity contribution in [2.24, 2.45) is 11.8 Å². The number of carbonyl (C=O) groups excluding carboxylic acids is 2. The smallest absolute Gasteiger partial charge is 0.228 e. The number of anilines is 1. The van der Waals surface area contributed by atoms with E-state index in [1.165, 1.54) is 0 Å². The van der Waals surface area contributed by atoms with Gasteiger partial charge in [-0.05, 0) is 51.3 Å². The lowest BCUT2D eigenvalue weighted by molar-refractivity contribution is -0.125. The minimum Gasteiger partial charge on any atom is -0.354 e. The predicted octanol–water partition coefficient (Wildman–Crippen LogP) is 3.06. The fourth-order valence-electron chi connectivity index (χ4n) is 2.46. The molecule has 1 aromatic rings. The monoisotopic (exact) mass is 308 g/mol. The fourth-order valence-corrected chi connectivity index (χ4v) is 2.82. The van der Waals surface area contributed by atoms with Crippen molar-refractivity contribution in [3.63, 3.8) is 0 Å². The van der Waals surface area contributed by atoms with Crippen molar-refractivity contribution in [2.45, 2.75) is 40.2 Å². The molecule has 0 aliphatic heterocycles. The van der Waals surface area contributed by atoms with Crippen LogP contribution in [0.5, 0.6) is 0 Å². The number of hydrogen-bond donors (Lipinski definition) is 2. The predicted molar refractivity (Wildman–Crippen MR) is 84.4 cm³/mol. The van der Waals surface area contributed by atoms with Crippen LogP contribution < -0.4 is 10.6 Å². The molecule has 4 nitrogen and oxygen atoms in total. The van der Waals surface area contributed by atoms with Crippen LogP contribution in [0.4, 0.5) is 5.69 Å². The van der Waals surface area contributed by atoms with Crippen LogP contribution in [0.1, 0.15) is 31.4 Å². The van der Waals surface area contributed by atoms with Crippen molar-refractivity contribution >= 4 is 29.1 Å². The van der Waals surface area contributed by atoms with E-state index in [1.54, 1.807) is 0 Å². The summed E-state index contributed by atoms with van der Waals surface area (Å²) in [5.41, 5.74) is 2.62. The summed E-state index contributed by atoms with van der Waals surface area (Å²) in [6, 6.07) is 3.88. The molecule has 2 unspecified atom stereocenters. The second-order valence-electron chi connectivity index (χ2n) is 6.04. The highest BCUT2D eigenvalue weighted by Gasteiger charge is 2.48. The zero-order chi connectivity index (χ0) is 15.7. The van der Waals surface area contributed by atoms with Crippen molar-refractivity contribution in [1.29, 1.82) is 0 Å². The Morgan fingerprint density at radius 1 is 1.19 bits per heavy atom. The molecule has 1 aromatic carbocycles. The van der Waals surface area contributed by atoms with Gasteiger partial charge in [0.05, 0.1) is 22.5 Å². The van der Waals surface area contributed by atoms with E-state index in [2.05, 4.69) is 10.6 Å². The lowest BCUT2D eigenvalue weighted by Crippen LogP contribution is -2.32. The zero-order valence-electron chi connectivity index (χ0n) is 12.8. The molecule has 0 spiro atoms. The maximum Gasteiger partial charge on any atom is 0.228 e. The Balaban J connectivity index is 2.00. The van der Waals surface area contributed by atoms with Gasteiger partial charge in [0, 0.05) is 6.04 Å². The molecule has 1 fully saturated rings. The van der Waals surface area contributed by atoms with Crippen LogP contribution in [0.15, 0.2) is 12.1 Å². The highest BCUT2D eigenvalue weighted by atomic mass is 35.5. The van der Waals surface area contributed by atoms with Crippen LogP contribution in [0.25, 0.3) is 0 Å². The van der Waals surface area contributed by atoms with Crippen molar-refractivity contribution in [1.82, 2.24) is 5.32 Å². The molecular formula is C16H21ClN2O2. The Bertz CT molecular complexity index is 561. The van der Waals surface area contributed by atoms with E-state index in [1.807, 2.05) is 39.8 Å². The van der Waals surface area contributed by atoms with E-state index in [0.717, 1.165) is 11.1 Å². The molecule has 114 valence electrons. The van der Waals surface area contributed by atoms with Crippen molar-refractivity contribution in [2.75, 3.05) is 5.32 Å². The summed E-state index contributed by atoms with van der Waals surface area (Å²) in [4.78, 5) is 24.1. The van der Waals surface area contributed by atoms with Gasteiger partial charge in [0.15, 0.2) is 0 Å². The highest BCUT2D eigenvalue weighted by molar-refractivity contribution is 6.34. The zero-order valence-corrected chi connectivity index (χ0v) is 13.5. The minimum atomic E-state index is -0.250. The SMILES string of the molecule is Cc1cc(C)c(NC(=O)C2CC2C(=O)NC(C)C)c(Cl)c1. The van der Waals surface area contributed by atoms with Crippen molar-refractivity contribution in [3.8, 4) is 0 Å². The third-order valence-corrected chi connectivity index (χ3v) is 3.87. The molecule has 0 heterocycles. The highest BCUT2D eigenvalue weighted by Crippen LogP contribution is 2.40. The lowest BCUT2D eigenvalue weighted by Gasteiger charge is -2.12. The number of rotatable bonds is 4. The molecule has 2 amide bonds. The van der Waals surface area contributed by atoms with Crippen LogP contribution in [0, 0.1) is 25.7 Å². The first-order chi connectivity index (χ1) is 9.79. The van der Waals surface area contributed by atoms with Crippen LogP contribution in [0.3, 0.4) is 0 Å². The van der Waals surface area contributed by atoms with Crippen LogP contribution in [-0.4, -0.2) is 17.9 Å². The van der Waals surface area contributed by atoms with Crippen molar-refractivity contribution < 1.29 is 9.59 Å². The van der Waals surface area contributed by atoms with Gasteiger partial charge in [-0.2, -0.15) is 0 Å². The molecule has 21 heavy (non-hydrogen) atoms. The Kier molecular flexibility index (Phi) is 4.57. The summed E-state index contributed by atoms with van der Waals surface area (Å²) in [6.45, 7) is 7.68. The number of benzene rings is 1. The Labute approximate surface area is 130 Å². The first-order valence-corrected chi connectivity index (χ1v) is 7.55. The third-order valence-electron chi connectivity index (χ3n) is 3.57. The Hall–Kier alpha value is -1.55. The summed E-state index contributed by atoms with van der Waals surface area (Å²) in [7, 11) is 0. The minimum absolute atomic E-state index is 0.0446. The maximum atomic E-state index is 12.2. The Morgan fingerprint density at radius 2 is 1.81 bits per heavy atom. The molecule has 1 aliphatic rings. The van der Waals surface area contributed by atoms with E-state index >= 15 is 0 Å². The van der Waals surface area contributed by atoms with Gasteiger partial charge in [-0.3, -0.25) is 9.59 Å². The molecule has 0 saturated heterocycles. The number of hydrogen-bond acceptors (Lipinski definition) is 2. The number of aryl methyl sites for hydroxylation is 2. The Morgan fingerprint density at radius 3 is 2.38 bits per heavy atom. The van der Waals surface area contributed by atoms with E-state index in [9.17, 15) is 9.59 Å². The standard InChI is InChI=1S/C16H21ClN2O2/c1-8(2)18-15(20)11-7-12(11)16(21)19-14-10(4)5-9(3)6-13(14)17/h5-6,8,11-12H,7H2,1-4H3,(H,18,20)(H,19,21). The fraction of sp³-hybridized carbons (Fsp3) is 0.500. The summed E-state index contributed by atoms with van der Waals surface area (Å²) in [6.07, 6.45) is 0.604. The van der Waals surface area contributed by atoms with Gasteiger partial charge in [-0.25, -0.2) is 0 Å². The van der Waals surface area contributed by atoms with Gasteiger partial charge in [-0.15, -0.1) is 0 Å². The molecule has 2 N–H and O–H groups in total. The van der Waals surface area contributed by atoms with E-state index in [-0.39, 0.29) is 29.7 Å². The van der Waals surface area contributed by atoms with Gasteiger partial charge < -0.3 is 10.6 Å². The molecule has 2 rings (SSSR count). The average Bonchev–Trinajstić information content (AvgIpc) is 3.12. The van der Waals surface area contributed by atoms with E-state index in [0.29, 0.717) is 17.1 Å². The van der Waals surface area contributed by atoms with Gasteiger partial charge in [0.25, 0.3) is 0 Å². The van der Waals surface area contributed by atoms with Gasteiger partial charge in [0.2, 0.25) is 11.8 Å². The summed E-state index contributed by atoms with van der Waals surface area (Å²) in [5, 5.41) is 6.23. The van der Waals surface area contributed by atoms with E-state index < -0.39 is 0 Å². The molecule has 0 radical (unpaired) electrons. The molecule has 5 heteroatoms. The molecule has 0 aromatic heterocycles. The number of carbonyl (C=O) groups is 2. The van der Waals surface area contributed by atoms with Gasteiger partial charge in [0.1, 0.15) is 0 Å². The first-order valence-electron chi connectivity index (χ1n) is 7.17. The van der Waals surface area contributed by atoms with Crippen LogP contribution in [-0.2, 0) is 9.59 Å². The quantitative estimate of drug-likeness (QED) is 0.898. The summed E-state index contributed by atoms with van der Waals surface area (Å²) >= 11 is 6.18. The maximum absolute atomic E-state index is 12.2. The number of nitrogens with one attached hydrogen (secondary N) is 2. The largest absolute Gasteiger partial charge is 0.354 e. The number of halogens is 1. The van der Waals surface area contributed by atoms with E-state index in [4.69, 9.17) is 11.6 Å². The lowest BCUT2D eigenvalue weighted by atomic mass is 10.1. The normalized spacial score (nSPS) is 20.3. The summed E-state index contributed by atoms with van der Waals surface area (Å²) in [5.74, 6) is -0.637. The first kappa shape index (κ1) is 15.8. The van der Waals surface area contributed by atoms with Gasteiger partial charge >= 0.3 is 0 Å².